The zero-order chi connectivity index (χ0) is 22.2. The van der Waals surface area contributed by atoms with Crippen LogP contribution in [0.1, 0.15) is 58.4 Å². The average molecular weight is 442 g/mol. The Bertz CT molecular complexity index is 1160. The molecule has 1 heterocycles. The maximum absolute atomic E-state index is 13.0. The van der Waals surface area contributed by atoms with Gasteiger partial charge >= 0.3 is 5.97 Å². The lowest BCUT2D eigenvalue weighted by Gasteiger charge is -2.31. The Kier molecular flexibility index (Phi) is 5.66. The van der Waals surface area contributed by atoms with Gasteiger partial charge in [0.1, 0.15) is 0 Å². The molecule has 1 saturated carbocycles. The Morgan fingerprint density at radius 1 is 1.00 bits per heavy atom. The molecule has 0 bridgehead atoms. The van der Waals surface area contributed by atoms with Crippen LogP contribution in [0, 0.1) is 0 Å². The summed E-state index contributed by atoms with van der Waals surface area (Å²) in [6.07, 6.45) is 5.20. The smallest absolute Gasteiger partial charge is 0.338 e. The summed E-state index contributed by atoms with van der Waals surface area (Å²) in [6.45, 7) is -0.419. The van der Waals surface area contributed by atoms with Gasteiger partial charge in [-0.05, 0) is 43.2 Å². The third-order valence-corrected chi connectivity index (χ3v) is 7.87. The second-order valence-corrected chi connectivity index (χ2v) is 9.80. The molecule has 4 rings (SSSR count). The number of likely N-dealkylation sites (N-methyl/N-ethyl adjacent to an activating group) is 1. The third kappa shape index (κ3) is 3.87. The van der Waals surface area contributed by atoms with E-state index in [-0.39, 0.29) is 38.4 Å². The largest absolute Gasteiger partial charge is 0.452 e. The molecule has 0 N–H and O–H groups in total. The minimum Gasteiger partial charge on any atom is -0.452 e. The molecule has 7 nitrogen and oxygen atoms in total. The van der Waals surface area contributed by atoms with Crippen LogP contribution in [-0.2, 0) is 19.4 Å². The lowest BCUT2D eigenvalue weighted by Crippen LogP contribution is -2.40. The standard InChI is InChI=1S/C23H23NO6S/c1-24(16-7-3-2-4-8-16)21(25)14-30-23(27)15-11-12-18-20(13-15)31(28,29)19-10-6-5-9-17(19)22(18)26/h5-6,9-13,16H,2-4,7-8,14H2,1H3. The molecular weight excluding hydrogens is 418 g/mol. The van der Waals surface area contributed by atoms with Crippen molar-refractivity contribution in [3.05, 3.63) is 59.2 Å². The molecule has 1 amide bonds. The summed E-state index contributed by atoms with van der Waals surface area (Å²) >= 11 is 0. The van der Waals surface area contributed by atoms with Crippen LogP contribution in [0.2, 0.25) is 0 Å². The average Bonchev–Trinajstić information content (AvgIpc) is 2.80. The van der Waals surface area contributed by atoms with Crippen LogP contribution in [0.4, 0.5) is 0 Å². The van der Waals surface area contributed by atoms with E-state index in [1.54, 1.807) is 24.1 Å². The predicted octanol–water partition coefficient (Wildman–Crippen LogP) is 3.01. The predicted molar refractivity (Wildman–Crippen MR) is 112 cm³/mol. The van der Waals surface area contributed by atoms with E-state index in [2.05, 4.69) is 0 Å². The maximum atomic E-state index is 13.0. The molecule has 162 valence electrons. The highest BCUT2D eigenvalue weighted by atomic mass is 32.2. The summed E-state index contributed by atoms with van der Waals surface area (Å²) in [6, 6.07) is 9.95. The fourth-order valence-electron chi connectivity index (χ4n) is 4.20. The molecule has 0 radical (unpaired) electrons. The van der Waals surface area contributed by atoms with Gasteiger partial charge in [-0.15, -0.1) is 0 Å². The van der Waals surface area contributed by atoms with Crippen molar-refractivity contribution in [2.75, 3.05) is 13.7 Å². The van der Waals surface area contributed by atoms with E-state index < -0.39 is 28.2 Å². The number of amides is 1. The van der Waals surface area contributed by atoms with E-state index in [4.69, 9.17) is 4.74 Å². The SMILES string of the molecule is CN(C(=O)COC(=O)c1ccc2c(c1)S(=O)(=O)c1ccccc1C2=O)C1CCCCC1. The Morgan fingerprint density at radius 3 is 2.42 bits per heavy atom. The number of ketones is 1. The molecule has 1 fully saturated rings. The highest BCUT2D eigenvalue weighted by Crippen LogP contribution is 2.34. The first-order chi connectivity index (χ1) is 14.8. The summed E-state index contributed by atoms with van der Waals surface area (Å²) in [5.41, 5.74) is 0.104. The van der Waals surface area contributed by atoms with Gasteiger partial charge in [-0.25, -0.2) is 13.2 Å². The number of hydrogen-bond donors (Lipinski definition) is 0. The van der Waals surface area contributed by atoms with E-state index in [0.717, 1.165) is 31.7 Å². The van der Waals surface area contributed by atoms with Gasteiger partial charge in [0.05, 0.1) is 15.4 Å². The minimum atomic E-state index is -3.95. The van der Waals surface area contributed by atoms with E-state index in [9.17, 15) is 22.8 Å². The summed E-state index contributed by atoms with van der Waals surface area (Å²) in [7, 11) is -2.24. The third-order valence-electron chi connectivity index (χ3n) is 6.02. The number of ether oxygens (including phenoxy) is 1. The molecule has 31 heavy (non-hydrogen) atoms. The summed E-state index contributed by atoms with van der Waals surface area (Å²) in [4.78, 5) is 38.9. The van der Waals surface area contributed by atoms with Crippen molar-refractivity contribution in [1.82, 2.24) is 4.90 Å². The number of hydrogen-bond acceptors (Lipinski definition) is 6. The molecule has 1 aliphatic heterocycles. The highest BCUT2D eigenvalue weighted by Gasteiger charge is 2.35. The molecule has 8 heteroatoms. The number of carbonyl (C=O) groups is 3. The maximum Gasteiger partial charge on any atom is 0.338 e. The topological polar surface area (TPSA) is 97.8 Å². The molecule has 0 atom stereocenters. The number of fused-ring (bicyclic) bond motifs is 2. The monoisotopic (exact) mass is 441 g/mol. The molecule has 0 aromatic heterocycles. The van der Waals surface area contributed by atoms with E-state index in [1.165, 1.54) is 30.7 Å². The van der Waals surface area contributed by atoms with Crippen LogP contribution in [-0.4, -0.2) is 50.7 Å². The molecule has 2 aliphatic rings. The second-order valence-electron chi connectivity index (χ2n) is 7.91. The molecule has 0 unspecified atom stereocenters. The van der Waals surface area contributed by atoms with Crippen LogP contribution in [0.15, 0.2) is 52.3 Å². The van der Waals surface area contributed by atoms with Crippen molar-refractivity contribution in [3.63, 3.8) is 0 Å². The van der Waals surface area contributed by atoms with Crippen molar-refractivity contribution in [2.45, 2.75) is 47.9 Å². The van der Waals surface area contributed by atoms with Gasteiger partial charge in [0, 0.05) is 24.2 Å². The van der Waals surface area contributed by atoms with Gasteiger partial charge < -0.3 is 9.64 Å². The molecule has 0 saturated heterocycles. The fraction of sp³-hybridized carbons (Fsp3) is 0.348. The number of benzene rings is 2. The second kappa shape index (κ2) is 8.26. The minimum absolute atomic E-state index is 0.0170. The summed E-state index contributed by atoms with van der Waals surface area (Å²) in [5, 5.41) is 0. The van der Waals surface area contributed by atoms with Crippen LogP contribution >= 0.6 is 0 Å². The first-order valence-electron chi connectivity index (χ1n) is 10.3. The molecular formula is C23H23NO6S. The van der Waals surface area contributed by atoms with Gasteiger partial charge in [0.25, 0.3) is 5.91 Å². The van der Waals surface area contributed by atoms with Crippen LogP contribution < -0.4 is 0 Å². The Labute approximate surface area is 180 Å². The lowest BCUT2D eigenvalue weighted by atomic mass is 9.94. The zero-order valence-corrected chi connectivity index (χ0v) is 18.0. The Hall–Kier alpha value is -3.00. The first kappa shape index (κ1) is 21.2. The van der Waals surface area contributed by atoms with Crippen LogP contribution in [0.5, 0.6) is 0 Å². The number of rotatable bonds is 4. The molecule has 1 aliphatic carbocycles. The van der Waals surface area contributed by atoms with E-state index >= 15 is 0 Å². The zero-order valence-electron chi connectivity index (χ0n) is 17.2. The Morgan fingerprint density at radius 2 is 1.68 bits per heavy atom. The van der Waals surface area contributed by atoms with Gasteiger partial charge in [-0.3, -0.25) is 9.59 Å². The van der Waals surface area contributed by atoms with Gasteiger partial charge in [-0.1, -0.05) is 31.4 Å². The van der Waals surface area contributed by atoms with Gasteiger partial charge in [-0.2, -0.15) is 0 Å². The van der Waals surface area contributed by atoms with Crippen LogP contribution in [0.3, 0.4) is 0 Å². The highest BCUT2D eigenvalue weighted by molar-refractivity contribution is 7.91. The van der Waals surface area contributed by atoms with E-state index in [0.29, 0.717) is 0 Å². The molecule has 2 aromatic carbocycles. The number of esters is 1. The fourth-order valence-corrected chi connectivity index (χ4v) is 5.87. The first-order valence-corrected chi connectivity index (χ1v) is 11.7. The van der Waals surface area contributed by atoms with E-state index in [1.807, 2.05) is 0 Å². The summed E-state index contributed by atoms with van der Waals surface area (Å²) in [5.74, 6) is -1.52. The molecule has 0 spiro atoms. The lowest BCUT2D eigenvalue weighted by molar-refractivity contribution is -0.135. The van der Waals surface area contributed by atoms with Crippen molar-refractivity contribution >= 4 is 27.5 Å². The Balaban J connectivity index is 1.51. The number of sulfone groups is 1. The normalized spacial score (nSPS) is 17.4. The van der Waals surface area contributed by atoms with Crippen molar-refractivity contribution in [3.8, 4) is 0 Å². The number of carbonyl (C=O) groups excluding carboxylic acids is 3. The van der Waals surface area contributed by atoms with Gasteiger partial charge in [0.2, 0.25) is 9.84 Å². The van der Waals surface area contributed by atoms with Crippen LogP contribution in [0.25, 0.3) is 0 Å². The molecule has 2 aromatic rings. The quantitative estimate of drug-likeness (QED) is 0.578. The van der Waals surface area contributed by atoms with Crippen molar-refractivity contribution in [2.24, 2.45) is 0 Å². The van der Waals surface area contributed by atoms with Crippen molar-refractivity contribution in [1.29, 1.82) is 0 Å². The summed E-state index contributed by atoms with van der Waals surface area (Å²) < 4.78 is 31.1. The van der Waals surface area contributed by atoms with Crippen molar-refractivity contribution < 1.29 is 27.5 Å². The van der Waals surface area contributed by atoms with Gasteiger partial charge in [0.15, 0.2) is 12.4 Å². The number of nitrogens with zero attached hydrogens (tertiary/aromatic N) is 1.